The minimum atomic E-state index is -3.98. The summed E-state index contributed by atoms with van der Waals surface area (Å²) in [6.45, 7) is 3.05. The third-order valence-corrected chi connectivity index (χ3v) is 5.75. The number of nitrogens with one attached hydrogen (secondary N) is 1. The molecule has 0 spiro atoms. The number of carbonyl (C=O) groups is 1. The van der Waals surface area contributed by atoms with Gasteiger partial charge in [0.25, 0.3) is 0 Å². The van der Waals surface area contributed by atoms with Crippen molar-refractivity contribution in [1.29, 1.82) is 0 Å². The van der Waals surface area contributed by atoms with Crippen LogP contribution in [0.15, 0.2) is 36.4 Å². The first kappa shape index (κ1) is 23.4. The highest BCUT2D eigenvalue weighted by atomic mass is 32.2. The Bertz CT molecular complexity index is 1030. The van der Waals surface area contributed by atoms with E-state index in [0.717, 1.165) is 28.8 Å². The highest BCUT2D eigenvalue weighted by molar-refractivity contribution is 7.92. The molecule has 164 valence electrons. The molecule has 2 unspecified atom stereocenters. The van der Waals surface area contributed by atoms with Crippen molar-refractivity contribution in [2.75, 3.05) is 24.8 Å². The second-order valence-corrected chi connectivity index (χ2v) is 8.53. The Labute approximate surface area is 174 Å². The summed E-state index contributed by atoms with van der Waals surface area (Å²) < 4.78 is 62.8. The minimum absolute atomic E-state index is 0.161. The number of amides is 1. The lowest BCUT2D eigenvalue weighted by molar-refractivity contribution is -0.122. The predicted octanol–water partition coefficient (Wildman–Crippen LogP) is 3.01. The first-order valence-electron chi connectivity index (χ1n) is 8.96. The summed E-state index contributed by atoms with van der Waals surface area (Å²) in [4.78, 5) is 12.8. The molecule has 0 aliphatic heterocycles. The zero-order chi connectivity index (χ0) is 22.6. The Hall–Kier alpha value is -2.88. The molecule has 0 heterocycles. The lowest BCUT2D eigenvalue weighted by Crippen LogP contribution is -2.48. The Morgan fingerprint density at radius 1 is 1.03 bits per heavy atom. The van der Waals surface area contributed by atoms with Crippen molar-refractivity contribution in [1.82, 2.24) is 5.32 Å². The Morgan fingerprint density at radius 3 is 2.23 bits per heavy atom. The molecular formula is C20H24F2N2O5S. The van der Waals surface area contributed by atoms with Gasteiger partial charge in [0.15, 0.2) is 11.6 Å². The Balaban J connectivity index is 2.33. The molecule has 1 N–H and O–H groups in total. The van der Waals surface area contributed by atoms with Crippen molar-refractivity contribution in [3.63, 3.8) is 0 Å². The van der Waals surface area contributed by atoms with Gasteiger partial charge in [-0.3, -0.25) is 9.10 Å². The third-order valence-electron chi connectivity index (χ3n) is 4.51. The summed E-state index contributed by atoms with van der Waals surface area (Å²) in [6.07, 6.45) is 0.882. The average molecular weight is 442 g/mol. The quantitative estimate of drug-likeness (QED) is 0.679. The fourth-order valence-electron chi connectivity index (χ4n) is 3.02. The van der Waals surface area contributed by atoms with Gasteiger partial charge in [-0.2, -0.15) is 0 Å². The van der Waals surface area contributed by atoms with Gasteiger partial charge >= 0.3 is 0 Å². The minimum Gasteiger partial charge on any atom is -0.497 e. The summed E-state index contributed by atoms with van der Waals surface area (Å²) in [5, 5.41) is 2.72. The topological polar surface area (TPSA) is 84.9 Å². The number of hydrogen-bond acceptors (Lipinski definition) is 5. The van der Waals surface area contributed by atoms with Crippen LogP contribution in [0.2, 0.25) is 0 Å². The molecule has 2 aromatic rings. The zero-order valence-corrected chi connectivity index (χ0v) is 18.1. The van der Waals surface area contributed by atoms with Crippen LogP contribution >= 0.6 is 0 Å². The molecule has 7 nitrogen and oxygen atoms in total. The molecule has 30 heavy (non-hydrogen) atoms. The molecule has 0 aromatic heterocycles. The number of benzene rings is 2. The van der Waals surface area contributed by atoms with Gasteiger partial charge in [0.1, 0.15) is 17.5 Å². The van der Waals surface area contributed by atoms with Gasteiger partial charge in [-0.1, -0.05) is 0 Å². The van der Waals surface area contributed by atoms with Gasteiger partial charge < -0.3 is 14.8 Å². The zero-order valence-electron chi connectivity index (χ0n) is 17.3. The van der Waals surface area contributed by atoms with Gasteiger partial charge in [0.2, 0.25) is 15.9 Å². The number of methoxy groups -OCH3 is 2. The molecule has 2 aromatic carbocycles. The number of anilines is 1. The molecule has 2 rings (SSSR count). The van der Waals surface area contributed by atoms with Crippen LogP contribution < -0.4 is 19.1 Å². The van der Waals surface area contributed by atoms with Crippen molar-refractivity contribution in [3.05, 3.63) is 53.6 Å². The summed E-state index contributed by atoms with van der Waals surface area (Å²) in [5.41, 5.74) is 0.460. The molecule has 0 aliphatic rings. The second-order valence-electron chi connectivity index (χ2n) is 6.67. The van der Waals surface area contributed by atoms with Crippen molar-refractivity contribution in [2.45, 2.75) is 25.9 Å². The van der Waals surface area contributed by atoms with E-state index in [2.05, 4.69) is 5.32 Å². The van der Waals surface area contributed by atoms with Gasteiger partial charge in [0, 0.05) is 11.6 Å². The van der Waals surface area contributed by atoms with Gasteiger partial charge in [-0.05, 0) is 44.2 Å². The van der Waals surface area contributed by atoms with E-state index in [9.17, 15) is 22.0 Å². The maximum Gasteiger partial charge on any atom is 0.244 e. The van der Waals surface area contributed by atoms with E-state index in [-0.39, 0.29) is 5.69 Å². The maximum absolute atomic E-state index is 13.7. The van der Waals surface area contributed by atoms with E-state index in [0.29, 0.717) is 17.1 Å². The molecule has 0 saturated heterocycles. The number of rotatable bonds is 8. The number of hydrogen-bond donors (Lipinski definition) is 1. The molecule has 10 heteroatoms. The number of sulfonamides is 1. The van der Waals surface area contributed by atoms with Crippen LogP contribution in [0.5, 0.6) is 11.5 Å². The smallest absolute Gasteiger partial charge is 0.244 e. The van der Waals surface area contributed by atoms with Crippen LogP contribution in [0.1, 0.15) is 25.5 Å². The lowest BCUT2D eigenvalue weighted by Gasteiger charge is -2.29. The van der Waals surface area contributed by atoms with Crippen molar-refractivity contribution in [2.24, 2.45) is 0 Å². The Kier molecular flexibility index (Phi) is 7.25. The van der Waals surface area contributed by atoms with Crippen molar-refractivity contribution < 1.29 is 31.5 Å². The SMILES string of the molecule is COc1ccc(OC)c(C(C)NC(=O)C(C)N(c2ccc(F)c(F)c2)S(C)(=O)=O)c1. The first-order chi connectivity index (χ1) is 14.0. The number of nitrogens with zero attached hydrogens (tertiary/aromatic N) is 1. The van der Waals surface area contributed by atoms with Gasteiger partial charge in [-0.15, -0.1) is 0 Å². The molecule has 0 radical (unpaired) electrons. The van der Waals surface area contributed by atoms with Crippen LogP contribution in [-0.2, 0) is 14.8 Å². The third kappa shape index (κ3) is 5.18. The summed E-state index contributed by atoms with van der Waals surface area (Å²) in [5.74, 6) is -1.91. The van der Waals surface area contributed by atoms with Crippen LogP contribution in [0.25, 0.3) is 0 Å². The maximum atomic E-state index is 13.7. The number of carbonyl (C=O) groups excluding carboxylic acids is 1. The normalized spacial score (nSPS) is 13.3. The van der Waals surface area contributed by atoms with Crippen molar-refractivity contribution in [3.8, 4) is 11.5 Å². The van der Waals surface area contributed by atoms with Crippen molar-refractivity contribution >= 4 is 21.6 Å². The monoisotopic (exact) mass is 442 g/mol. The molecule has 1 amide bonds. The van der Waals surface area contributed by atoms with Gasteiger partial charge in [0.05, 0.1) is 32.2 Å². The molecule has 2 atom stereocenters. The standard InChI is InChI=1S/C20H24F2N2O5S/c1-12(16-11-15(28-3)7-9-19(16)29-4)23-20(25)13(2)24(30(5,26)27)14-6-8-17(21)18(22)10-14/h6-13H,1-5H3,(H,23,25). The highest BCUT2D eigenvalue weighted by Gasteiger charge is 2.31. The predicted molar refractivity (Wildman–Crippen MR) is 109 cm³/mol. The molecule has 0 saturated carbocycles. The fraction of sp³-hybridized carbons (Fsp3) is 0.350. The first-order valence-corrected chi connectivity index (χ1v) is 10.8. The van der Waals surface area contributed by atoms with Gasteiger partial charge in [-0.25, -0.2) is 17.2 Å². The summed E-state index contributed by atoms with van der Waals surface area (Å²) in [6, 6.07) is 5.92. The van der Waals surface area contributed by atoms with E-state index >= 15 is 0 Å². The molecular weight excluding hydrogens is 418 g/mol. The van der Waals surface area contributed by atoms with E-state index < -0.39 is 39.6 Å². The lowest BCUT2D eigenvalue weighted by atomic mass is 10.1. The van der Waals surface area contributed by atoms with Crippen LogP contribution in [-0.4, -0.2) is 40.8 Å². The van der Waals surface area contributed by atoms with E-state index in [4.69, 9.17) is 9.47 Å². The summed E-state index contributed by atoms with van der Waals surface area (Å²) in [7, 11) is -0.991. The average Bonchev–Trinajstić information content (AvgIpc) is 2.68. The van der Waals surface area contributed by atoms with Crippen LogP contribution in [0.3, 0.4) is 0 Å². The Morgan fingerprint density at radius 2 is 1.70 bits per heavy atom. The molecule has 0 bridgehead atoms. The number of ether oxygens (including phenoxy) is 2. The van der Waals surface area contributed by atoms with Crippen LogP contribution in [0.4, 0.5) is 14.5 Å². The fourth-order valence-corrected chi connectivity index (χ4v) is 4.19. The van der Waals surface area contributed by atoms with E-state index in [1.165, 1.54) is 21.1 Å². The highest BCUT2D eigenvalue weighted by Crippen LogP contribution is 2.30. The molecule has 0 fully saturated rings. The molecule has 0 aliphatic carbocycles. The van der Waals surface area contributed by atoms with E-state index in [1.807, 2.05) is 0 Å². The number of halogens is 2. The largest absolute Gasteiger partial charge is 0.497 e. The second kappa shape index (κ2) is 9.29. The van der Waals surface area contributed by atoms with Crippen LogP contribution in [0, 0.1) is 11.6 Å². The summed E-state index contributed by atoms with van der Waals surface area (Å²) >= 11 is 0. The van der Waals surface area contributed by atoms with E-state index in [1.54, 1.807) is 25.1 Å².